The van der Waals surface area contributed by atoms with Crippen molar-refractivity contribution < 1.29 is 33.4 Å². The molecule has 0 bridgehead atoms. The number of aryl methyl sites for hydroxylation is 2. The van der Waals surface area contributed by atoms with Gasteiger partial charge in [0.05, 0.1) is 70.3 Å². The third kappa shape index (κ3) is 9.31. The van der Waals surface area contributed by atoms with Crippen LogP contribution < -0.4 is 19.7 Å². The minimum atomic E-state index is -0.541. The highest BCUT2D eigenvalue weighted by atomic mass is 79.9. The molecule has 72 heavy (non-hydrogen) atoms. The number of thiophene rings is 2. The van der Waals surface area contributed by atoms with Gasteiger partial charge in [0, 0.05) is 39.0 Å². The first-order valence-corrected chi connectivity index (χ1v) is 26.8. The fraction of sp³-hybridized carbons (Fsp3) is 0.254. The van der Waals surface area contributed by atoms with Gasteiger partial charge in [-0.2, -0.15) is 0 Å². The van der Waals surface area contributed by atoms with Gasteiger partial charge in [0.1, 0.15) is 26.8 Å². The number of ether oxygens (including phenoxy) is 4. The monoisotopic (exact) mass is 1060 g/mol. The summed E-state index contributed by atoms with van der Waals surface area (Å²) in [6.45, 7) is 13.2. The van der Waals surface area contributed by atoms with Crippen LogP contribution in [0.4, 0.5) is 0 Å². The van der Waals surface area contributed by atoms with E-state index < -0.39 is 18.3 Å². The molecule has 0 aliphatic carbocycles. The van der Waals surface area contributed by atoms with Crippen LogP contribution in [-0.4, -0.2) is 59.7 Å². The molecule has 2 aliphatic heterocycles. The van der Waals surface area contributed by atoms with Crippen molar-refractivity contribution in [2.24, 2.45) is 0 Å². The van der Waals surface area contributed by atoms with Crippen molar-refractivity contribution in [3.05, 3.63) is 159 Å². The van der Waals surface area contributed by atoms with E-state index in [2.05, 4.69) is 164 Å². The van der Waals surface area contributed by atoms with Crippen LogP contribution in [0.15, 0.2) is 148 Å². The van der Waals surface area contributed by atoms with E-state index in [1.807, 2.05) is 47.2 Å². The number of halogens is 1. The molecule has 1 N–H and O–H groups in total. The van der Waals surface area contributed by atoms with Gasteiger partial charge in [-0.05, 0) is 147 Å². The van der Waals surface area contributed by atoms with Crippen molar-refractivity contribution in [3.63, 3.8) is 0 Å². The highest BCUT2D eigenvalue weighted by molar-refractivity contribution is 9.11. The van der Waals surface area contributed by atoms with Crippen LogP contribution in [0.5, 0.6) is 23.0 Å². The van der Waals surface area contributed by atoms with Crippen LogP contribution >= 0.6 is 38.6 Å². The number of aromatic nitrogens is 2. The standard InChI is InChI=1S/C30H34BNO4.C24H19NO2S.C5H5BrOS/c1-20-18-23(31-35-29(2,3)30(4,5)36-31)28(34-27-16-10-11-17-33-27)26(19-20)32-24-14-8-6-12-21(24)22-13-7-9-15-25(22)32;1-15-13-18(24-22(27-2)11-12-28-24)23(26)21(14-15)25-19-9-5-3-7-16(19)17-8-4-6-10-20(17)25;1-7-4-2-3-8-5(4)6/h6-9,12-15,18-19,27H,10-11,16-17H2,1-5H3;3-14,26H,1-2H3;2-3H,1H3. The summed E-state index contributed by atoms with van der Waals surface area (Å²) in [5.41, 5.74) is 9.19. The Kier molecular flexibility index (Phi) is 14.1. The Labute approximate surface area is 437 Å². The Morgan fingerprint density at radius 2 is 1.11 bits per heavy atom. The Balaban J connectivity index is 0.000000147. The molecule has 0 saturated carbocycles. The first-order valence-electron chi connectivity index (χ1n) is 24.3. The van der Waals surface area contributed by atoms with Crippen LogP contribution in [0.2, 0.25) is 0 Å². The first-order chi connectivity index (χ1) is 34.8. The maximum atomic E-state index is 11.3. The lowest BCUT2D eigenvalue weighted by molar-refractivity contribution is -0.105. The van der Waals surface area contributed by atoms with Crippen molar-refractivity contribution in [1.29, 1.82) is 0 Å². The number of hydrogen-bond acceptors (Lipinski definition) is 9. The predicted octanol–water partition coefficient (Wildman–Crippen LogP) is 15.4. The lowest BCUT2D eigenvalue weighted by atomic mass is 9.77. The van der Waals surface area contributed by atoms with Crippen molar-refractivity contribution in [2.45, 2.75) is 78.3 Å². The van der Waals surface area contributed by atoms with Crippen LogP contribution in [-0.2, 0) is 14.0 Å². The summed E-state index contributed by atoms with van der Waals surface area (Å²) in [6, 6.07) is 46.0. The van der Waals surface area contributed by atoms with Crippen LogP contribution in [0.1, 0.15) is 58.1 Å². The number of hydrogen-bond donors (Lipinski definition) is 1. The minimum Gasteiger partial charge on any atom is -0.505 e. The maximum Gasteiger partial charge on any atom is 0.498 e. The van der Waals surface area contributed by atoms with E-state index in [0.717, 1.165) is 101 Å². The molecule has 13 heteroatoms. The smallest absolute Gasteiger partial charge is 0.498 e. The van der Waals surface area contributed by atoms with Crippen molar-refractivity contribution in [2.75, 3.05) is 20.8 Å². The number of phenolic OH excluding ortho intramolecular Hbond substituents is 1. The molecule has 12 rings (SSSR count). The minimum absolute atomic E-state index is 0.262. The summed E-state index contributed by atoms with van der Waals surface area (Å²) in [6.07, 6.45) is 2.72. The molecule has 4 aromatic heterocycles. The van der Waals surface area contributed by atoms with Gasteiger partial charge in [0.15, 0.2) is 6.29 Å². The van der Waals surface area contributed by atoms with Crippen LogP contribution in [0.25, 0.3) is 65.4 Å². The second-order valence-corrected chi connectivity index (χ2v) is 22.4. The molecule has 6 aromatic carbocycles. The molecule has 0 spiro atoms. The van der Waals surface area contributed by atoms with E-state index in [9.17, 15) is 5.11 Å². The van der Waals surface area contributed by atoms with Crippen molar-refractivity contribution in [3.8, 4) is 44.8 Å². The third-order valence-corrected chi connectivity index (χ3v) is 16.5. The summed E-state index contributed by atoms with van der Waals surface area (Å²) in [5.74, 6) is 2.71. The van der Waals surface area contributed by atoms with Crippen molar-refractivity contribution in [1.82, 2.24) is 9.13 Å². The Hall–Kier alpha value is -6.06. The molecule has 0 amide bonds. The summed E-state index contributed by atoms with van der Waals surface area (Å²) in [4.78, 5) is 0.936. The summed E-state index contributed by atoms with van der Waals surface area (Å²) < 4.78 is 41.8. The SMILES string of the molecule is COc1ccsc1-c1cc(C)cc(-n2c3ccccc3c3ccccc32)c1O.COc1ccsc1Br.Cc1cc(B2OC(C)(C)C(C)(C)O2)c(OC2CCCCO2)c(-n2c3ccccc3c3ccccc32)c1. The molecule has 10 aromatic rings. The van der Waals surface area contributed by atoms with E-state index in [-0.39, 0.29) is 12.0 Å². The zero-order valence-electron chi connectivity index (χ0n) is 41.8. The van der Waals surface area contributed by atoms with Gasteiger partial charge in [-0.15, -0.1) is 22.7 Å². The van der Waals surface area contributed by atoms with Crippen LogP contribution in [0.3, 0.4) is 0 Å². The molecule has 0 radical (unpaired) electrons. The Morgan fingerprint density at radius 1 is 0.625 bits per heavy atom. The number of nitrogens with zero attached hydrogens (tertiary/aromatic N) is 2. The fourth-order valence-electron chi connectivity index (χ4n) is 9.71. The van der Waals surface area contributed by atoms with E-state index in [1.165, 1.54) is 21.5 Å². The fourth-order valence-corrected chi connectivity index (χ4v) is 11.8. The second kappa shape index (κ2) is 20.5. The Bertz CT molecular complexity index is 3450. The summed E-state index contributed by atoms with van der Waals surface area (Å²) in [5, 5.41) is 20.1. The van der Waals surface area contributed by atoms with Gasteiger partial charge in [-0.1, -0.05) is 78.9 Å². The van der Waals surface area contributed by atoms with Crippen LogP contribution in [0, 0.1) is 13.8 Å². The lowest BCUT2D eigenvalue weighted by Crippen LogP contribution is -2.41. The van der Waals surface area contributed by atoms with Gasteiger partial charge < -0.3 is 42.5 Å². The molecule has 1 unspecified atom stereocenters. The highest BCUT2D eigenvalue weighted by Gasteiger charge is 2.53. The van der Waals surface area contributed by atoms with Gasteiger partial charge in [0.25, 0.3) is 0 Å². The first kappa shape index (κ1) is 49.5. The largest absolute Gasteiger partial charge is 0.505 e. The van der Waals surface area contributed by atoms with Gasteiger partial charge in [-0.3, -0.25) is 0 Å². The van der Waals surface area contributed by atoms with E-state index in [0.29, 0.717) is 6.61 Å². The normalized spacial score (nSPS) is 16.1. The summed E-state index contributed by atoms with van der Waals surface area (Å²) in [7, 11) is 2.78. The molecule has 368 valence electrons. The zero-order valence-corrected chi connectivity index (χ0v) is 45.0. The van der Waals surface area contributed by atoms with E-state index in [4.69, 9.17) is 28.3 Å². The number of methoxy groups -OCH3 is 2. The quantitative estimate of drug-likeness (QED) is 0.152. The molecule has 2 saturated heterocycles. The van der Waals surface area contributed by atoms with Gasteiger partial charge in [-0.25, -0.2) is 0 Å². The van der Waals surface area contributed by atoms with Gasteiger partial charge >= 0.3 is 7.12 Å². The van der Waals surface area contributed by atoms with Crippen molar-refractivity contribution >= 4 is 94.8 Å². The molecular weight excluding hydrogens is 1000 g/mol. The van der Waals surface area contributed by atoms with E-state index >= 15 is 0 Å². The number of rotatable bonds is 8. The van der Waals surface area contributed by atoms with E-state index in [1.54, 1.807) is 36.9 Å². The number of fused-ring (bicyclic) bond motifs is 6. The molecule has 2 fully saturated rings. The Morgan fingerprint density at radius 3 is 1.60 bits per heavy atom. The number of aromatic hydroxyl groups is 1. The lowest BCUT2D eigenvalue weighted by Gasteiger charge is -2.32. The average Bonchev–Trinajstić information content (AvgIpc) is 4.21. The van der Waals surface area contributed by atoms with Gasteiger partial charge in [0.2, 0.25) is 0 Å². The molecular formula is C59H58BBrN2O7S2. The predicted molar refractivity (Wildman–Crippen MR) is 301 cm³/mol. The maximum absolute atomic E-state index is 11.3. The topological polar surface area (TPSA) is 85.5 Å². The molecule has 2 aliphatic rings. The third-order valence-electron chi connectivity index (χ3n) is 13.9. The number of benzene rings is 6. The highest BCUT2D eigenvalue weighted by Crippen LogP contribution is 2.46. The summed E-state index contributed by atoms with van der Waals surface area (Å²) >= 11 is 6.51. The second-order valence-electron chi connectivity index (χ2n) is 19.2. The molecule has 6 heterocycles. The molecule has 9 nitrogen and oxygen atoms in total. The molecule has 1 atom stereocenters. The number of phenols is 1. The number of para-hydroxylation sites is 4. The zero-order chi connectivity index (χ0) is 50.3. The average molecular weight is 1060 g/mol.